The van der Waals surface area contributed by atoms with Crippen LogP contribution < -0.4 is 16.0 Å². The van der Waals surface area contributed by atoms with Crippen LogP contribution in [-0.2, 0) is 0 Å². The Labute approximate surface area is 243 Å². The summed E-state index contributed by atoms with van der Waals surface area (Å²) >= 11 is 14.3. The lowest BCUT2D eigenvalue weighted by Crippen LogP contribution is -2.29. The van der Waals surface area contributed by atoms with Gasteiger partial charge in [0, 0.05) is 27.8 Å². The number of benzene rings is 2. The molecule has 1 aliphatic rings. The van der Waals surface area contributed by atoms with E-state index in [0.717, 1.165) is 36.5 Å². The molecule has 0 unspecified atom stereocenters. The molecule has 0 amide bonds. The molecular formula is C28H23Cl2FN8S. The Morgan fingerprint density at radius 3 is 2.70 bits per heavy atom. The van der Waals surface area contributed by atoms with Crippen molar-refractivity contribution in [3.8, 4) is 6.07 Å². The van der Waals surface area contributed by atoms with Crippen LogP contribution in [0.4, 0.5) is 21.5 Å². The van der Waals surface area contributed by atoms with Crippen molar-refractivity contribution in [1.29, 1.82) is 5.26 Å². The minimum Gasteiger partial charge on any atom is -0.372 e. The van der Waals surface area contributed by atoms with Gasteiger partial charge in [0.1, 0.15) is 23.6 Å². The van der Waals surface area contributed by atoms with E-state index in [9.17, 15) is 9.65 Å². The number of aromatic nitrogens is 4. The maximum absolute atomic E-state index is 13.8. The van der Waals surface area contributed by atoms with Crippen molar-refractivity contribution >= 4 is 62.5 Å². The van der Waals surface area contributed by atoms with Crippen molar-refractivity contribution in [1.82, 2.24) is 25.3 Å². The number of halogens is 3. The number of pyridine rings is 1. The minimum atomic E-state index is -0.529. The highest BCUT2D eigenvalue weighted by atomic mass is 35.5. The molecule has 0 spiro atoms. The molecule has 0 aliphatic carbocycles. The Kier molecular flexibility index (Phi) is 7.54. The molecule has 0 saturated carbocycles. The third kappa shape index (κ3) is 5.33. The monoisotopic (exact) mass is 592 g/mol. The maximum atomic E-state index is 13.8. The predicted molar refractivity (Wildman–Crippen MR) is 157 cm³/mol. The van der Waals surface area contributed by atoms with E-state index in [1.165, 1.54) is 18.3 Å². The maximum Gasteiger partial charge on any atom is 0.141 e. The second-order valence-electron chi connectivity index (χ2n) is 9.46. The van der Waals surface area contributed by atoms with Gasteiger partial charge in [-0.2, -0.15) is 5.26 Å². The van der Waals surface area contributed by atoms with Crippen LogP contribution in [0, 0.1) is 17.1 Å². The Bertz CT molecular complexity index is 1710. The number of hydrogen-bond acceptors (Lipinski definition) is 8. The van der Waals surface area contributed by atoms with E-state index in [0.29, 0.717) is 44.6 Å². The Hall–Kier alpha value is -3.75. The number of anilines is 3. The first-order valence-corrected chi connectivity index (χ1v) is 14.3. The summed E-state index contributed by atoms with van der Waals surface area (Å²) in [5.74, 6) is -0.529. The summed E-state index contributed by atoms with van der Waals surface area (Å²) in [5, 5.41) is 32.0. The predicted octanol–water partition coefficient (Wildman–Crippen LogP) is 7.07. The quantitative estimate of drug-likeness (QED) is 0.185. The molecule has 40 heavy (non-hydrogen) atoms. The van der Waals surface area contributed by atoms with Gasteiger partial charge in [0.05, 0.1) is 39.1 Å². The number of rotatable bonds is 7. The number of thiophene rings is 1. The minimum absolute atomic E-state index is 0.0291. The molecule has 1 aliphatic heterocycles. The number of nitriles is 1. The van der Waals surface area contributed by atoms with Crippen LogP contribution in [-0.4, -0.2) is 33.1 Å². The third-order valence-corrected chi connectivity index (χ3v) is 8.39. The molecule has 3 aromatic heterocycles. The van der Waals surface area contributed by atoms with Gasteiger partial charge < -0.3 is 16.0 Å². The lowest BCUT2D eigenvalue weighted by Gasteiger charge is -2.22. The number of piperidine rings is 1. The highest BCUT2D eigenvalue weighted by Gasteiger charge is 2.23. The fraction of sp³-hybridized carbons (Fsp3) is 0.214. The Balaban J connectivity index is 1.39. The molecule has 1 atom stereocenters. The second-order valence-corrected chi connectivity index (χ2v) is 11.3. The van der Waals surface area contributed by atoms with Crippen molar-refractivity contribution in [3.63, 3.8) is 0 Å². The van der Waals surface area contributed by atoms with Crippen LogP contribution >= 0.6 is 34.5 Å². The summed E-state index contributed by atoms with van der Waals surface area (Å²) in [6, 6.07) is 14.2. The van der Waals surface area contributed by atoms with Gasteiger partial charge in [-0.25, -0.2) is 9.07 Å². The molecule has 8 nitrogen and oxygen atoms in total. The van der Waals surface area contributed by atoms with Gasteiger partial charge in [0.15, 0.2) is 0 Å². The number of nitrogens with zero attached hydrogens (tertiary/aromatic N) is 5. The van der Waals surface area contributed by atoms with E-state index in [1.54, 1.807) is 23.5 Å². The van der Waals surface area contributed by atoms with Gasteiger partial charge in [0.2, 0.25) is 0 Å². The van der Waals surface area contributed by atoms with Gasteiger partial charge in [-0.15, -0.1) is 16.4 Å². The van der Waals surface area contributed by atoms with Crippen molar-refractivity contribution < 1.29 is 4.39 Å². The van der Waals surface area contributed by atoms with Gasteiger partial charge in [-0.05, 0) is 67.7 Å². The number of nitrogens with one attached hydrogen (secondary N) is 3. The first kappa shape index (κ1) is 26.5. The summed E-state index contributed by atoms with van der Waals surface area (Å²) in [7, 11) is 0. The lowest BCUT2D eigenvalue weighted by molar-refractivity contribution is 0.337. The number of fused-ring (bicyclic) bond motifs is 1. The molecule has 6 rings (SSSR count). The van der Waals surface area contributed by atoms with Crippen LogP contribution in [0.2, 0.25) is 10.0 Å². The van der Waals surface area contributed by atoms with Gasteiger partial charge in [0.25, 0.3) is 0 Å². The summed E-state index contributed by atoms with van der Waals surface area (Å²) < 4.78 is 15.7. The molecular weight excluding hydrogens is 570 g/mol. The zero-order valence-corrected chi connectivity index (χ0v) is 23.4. The summed E-state index contributed by atoms with van der Waals surface area (Å²) in [4.78, 5) is 5.50. The molecule has 1 saturated heterocycles. The second kappa shape index (κ2) is 11.4. The summed E-state index contributed by atoms with van der Waals surface area (Å²) in [5.41, 5.74) is 3.35. The molecule has 3 N–H and O–H groups in total. The fourth-order valence-electron chi connectivity index (χ4n) is 4.87. The van der Waals surface area contributed by atoms with Crippen LogP contribution in [0.1, 0.15) is 41.1 Å². The van der Waals surface area contributed by atoms with Crippen LogP contribution in [0.3, 0.4) is 0 Å². The Morgan fingerprint density at radius 2 is 1.95 bits per heavy atom. The van der Waals surface area contributed by atoms with Crippen LogP contribution in [0.15, 0.2) is 60.2 Å². The summed E-state index contributed by atoms with van der Waals surface area (Å²) in [6.07, 6.45) is 5.48. The van der Waals surface area contributed by atoms with E-state index < -0.39 is 5.82 Å². The highest BCUT2D eigenvalue weighted by molar-refractivity contribution is 7.10. The van der Waals surface area contributed by atoms with Crippen LogP contribution in [0.25, 0.3) is 10.9 Å². The van der Waals surface area contributed by atoms with Crippen molar-refractivity contribution in [2.24, 2.45) is 0 Å². The molecule has 5 aromatic rings. The van der Waals surface area contributed by atoms with Crippen molar-refractivity contribution in [3.05, 3.63) is 92.2 Å². The van der Waals surface area contributed by atoms with E-state index in [1.807, 2.05) is 28.4 Å². The first-order chi connectivity index (χ1) is 19.5. The van der Waals surface area contributed by atoms with E-state index in [4.69, 9.17) is 23.2 Å². The molecule has 0 radical (unpaired) electrons. The molecule has 202 valence electrons. The first-order valence-electron chi connectivity index (χ1n) is 12.7. The molecule has 1 fully saturated rings. The average Bonchev–Trinajstić information content (AvgIpc) is 3.68. The summed E-state index contributed by atoms with van der Waals surface area (Å²) in [6.45, 7) is 1.92. The number of hydrogen-bond donors (Lipinski definition) is 3. The lowest BCUT2D eigenvalue weighted by atomic mass is 10.1. The normalized spacial score (nSPS) is 14.7. The smallest absolute Gasteiger partial charge is 0.141 e. The third-order valence-electron chi connectivity index (χ3n) is 6.88. The average molecular weight is 594 g/mol. The molecule has 2 aromatic carbocycles. The topological polar surface area (TPSA) is 103 Å². The fourth-order valence-corrected chi connectivity index (χ4v) is 6.10. The largest absolute Gasteiger partial charge is 0.372 e. The SMILES string of the molecule is N#Cc1cnc2c(Cl)cc(N[C@H](c3cn(C4CCNCC4)nn3)c3cccs3)cc2c1Nc1ccc(F)c(Cl)c1. The van der Waals surface area contributed by atoms with Crippen molar-refractivity contribution in [2.45, 2.75) is 24.9 Å². The molecule has 4 heterocycles. The van der Waals surface area contributed by atoms with E-state index >= 15 is 0 Å². The highest BCUT2D eigenvalue weighted by Crippen LogP contribution is 2.37. The Morgan fingerprint density at radius 1 is 1.12 bits per heavy atom. The zero-order chi connectivity index (χ0) is 27.6. The molecule has 12 heteroatoms. The zero-order valence-electron chi connectivity index (χ0n) is 21.0. The van der Waals surface area contributed by atoms with Crippen LogP contribution in [0.5, 0.6) is 0 Å². The van der Waals surface area contributed by atoms with Gasteiger partial charge in [-0.3, -0.25) is 4.98 Å². The molecule has 0 bridgehead atoms. The van der Waals surface area contributed by atoms with E-state index in [-0.39, 0.29) is 11.1 Å². The van der Waals surface area contributed by atoms with Crippen molar-refractivity contribution in [2.75, 3.05) is 23.7 Å². The standard InChI is InChI=1S/C28H23Cl2FN8S/c29-21-11-17(3-4-23(21)31)35-26-16(13-32)14-34-27-20(26)10-18(12-22(27)30)36-28(25-2-1-9-40-25)24-15-39(38-37-24)19-5-7-33-8-6-19/h1-4,9-12,14-15,19,28,33,36H,5-8H2,(H,34,35)/t28-/m1/s1. The van der Waals surface area contributed by atoms with Gasteiger partial charge in [-0.1, -0.05) is 34.5 Å². The van der Waals surface area contributed by atoms with Gasteiger partial charge >= 0.3 is 0 Å². The van der Waals surface area contributed by atoms with E-state index in [2.05, 4.69) is 43.4 Å².